The summed E-state index contributed by atoms with van der Waals surface area (Å²) in [5.41, 5.74) is 0.358. The molecule has 0 aromatic carbocycles. The molecule has 0 unspecified atom stereocenters. The van der Waals surface area contributed by atoms with Gasteiger partial charge in [-0.2, -0.15) is 0 Å². The van der Waals surface area contributed by atoms with E-state index in [1.54, 1.807) is 0 Å². The van der Waals surface area contributed by atoms with Crippen molar-refractivity contribution in [3.8, 4) is 0 Å². The number of ether oxygens (including phenoxy) is 1. The van der Waals surface area contributed by atoms with Gasteiger partial charge in [0.05, 0.1) is 12.2 Å². The molecule has 0 aromatic rings. The van der Waals surface area contributed by atoms with E-state index < -0.39 is 0 Å². The minimum Gasteiger partial charge on any atom is -0.373 e. The second kappa shape index (κ2) is 3.81. The monoisotopic (exact) mass is 236 g/mol. The lowest BCUT2D eigenvalue weighted by Crippen LogP contribution is -2.35. The Bertz CT molecular complexity index is 325. The highest BCUT2D eigenvalue weighted by Gasteiger charge is 2.62. The smallest absolute Gasteiger partial charge is 0.125 e. The van der Waals surface area contributed by atoms with Gasteiger partial charge in [0.2, 0.25) is 0 Å². The molecule has 0 radical (unpaired) electrons. The summed E-state index contributed by atoms with van der Waals surface area (Å²) in [5.74, 6) is 2.27. The number of aldehydes is 1. The van der Waals surface area contributed by atoms with Gasteiger partial charge in [0.1, 0.15) is 6.29 Å². The normalized spacial score (nSPS) is 52.8. The van der Waals surface area contributed by atoms with Gasteiger partial charge in [-0.1, -0.05) is 20.8 Å². The van der Waals surface area contributed by atoms with E-state index in [-0.39, 0.29) is 12.0 Å². The summed E-state index contributed by atoms with van der Waals surface area (Å²) in [6, 6.07) is 0. The van der Waals surface area contributed by atoms with E-state index in [9.17, 15) is 4.79 Å². The molecule has 2 heteroatoms. The van der Waals surface area contributed by atoms with Crippen LogP contribution in [0.15, 0.2) is 0 Å². The Morgan fingerprint density at radius 3 is 2.71 bits per heavy atom. The number of hydrogen-bond acceptors (Lipinski definition) is 2. The summed E-state index contributed by atoms with van der Waals surface area (Å²) in [6.45, 7) is 7.07. The Kier molecular flexibility index (Phi) is 2.62. The van der Waals surface area contributed by atoms with Crippen LogP contribution in [0.1, 0.15) is 46.5 Å². The van der Waals surface area contributed by atoms with E-state index in [1.807, 2.05) is 0 Å². The Labute approximate surface area is 104 Å². The van der Waals surface area contributed by atoms with Crippen LogP contribution in [0.2, 0.25) is 0 Å². The topological polar surface area (TPSA) is 26.3 Å². The van der Waals surface area contributed by atoms with Crippen molar-refractivity contribution >= 4 is 6.29 Å². The van der Waals surface area contributed by atoms with Crippen molar-refractivity contribution in [2.45, 2.75) is 58.7 Å². The van der Waals surface area contributed by atoms with Gasteiger partial charge in [-0.15, -0.1) is 0 Å². The molecular weight excluding hydrogens is 212 g/mol. The van der Waals surface area contributed by atoms with E-state index in [0.29, 0.717) is 17.4 Å². The standard InChI is InChI=1S/C15H24O2/c1-9(2)11-6-7-15(3)12-5-4-10(8-16)14(17-12)13(11)15/h8-14H,4-7H2,1-3H3/t10-,11-,12+,13+,14-,15-/m1/s1. The minimum absolute atomic E-state index is 0.164. The third-order valence-electron chi connectivity index (χ3n) is 5.87. The first-order valence-electron chi connectivity index (χ1n) is 7.18. The highest BCUT2D eigenvalue weighted by Crippen LogP contribution is 2.62. The van der Waals surface area contributed by atoms with E-state index >= 15 is 0 Å². The molecule has 6 atom stereocenters. The zero-order chi connectivity index (χ0) is 12.2. The molecular formula is C15H24O2. The average molecular weight is 236 g/mol. The van der Waals surface area contributed by atoms with Gasteiger partial charge in [-0.05, 0) is 48.9 Å². The number of rotatable bonds is 2. The quantitative estimate of drug-likeness (QED) is 0.689. The fourth-order valence-corrected chi connectivity index (χ4v) is 4.90. The maximum absolute atomic E-state index is 11.2. The molecule has 2 bridgehead atoms. The number of fused-ring (bicyclic) bond motifs is 5. The van der Waals surface area contributed by atoms with Gasteiger partial charge in [0, 0.05) is 5.92 Å². The molecule has 2 heterocycles. The van der Waals surface area contributed by atoms with Crippen LogP contribution >= 0.6 is 0 Å². The summed E-state index contributed by atoms with van der Waals surface area (Å²) >= 11 is 0. The molecule has 2 aliphatic heterocycles. The molecule has 0 aromatic heterocycles. The summed E-state index contributed by atoms with van der Waals surface area (Å²) < 4.78 is 6.22. The molecule has 0 N–H and O–H groups in total. The molecule has 3 aliphatic rings. The number of carbonyl (C=O) groups excluding carboxylic acids is 1. The van der Waals surface area contributed by atoms with Crippen molar-refractivity contribution in [2.24, 2.45) is 29.1 Å². The molecule has 96 valence electrons. The van der Waals surface area contributed by atoms with Crippen LogP contribution in [0.25, 0.3) is 0 Å². The van der Waals surface area contributed by atoms with Crippen molar-refractivity contribution in [1.82, 2.24) is 0 Å². The van der Waals surface area contributed by atoms with Crippen LogP contribution in [-0.2, 0) is 9.53 Å². The first-order chi connectivity index (χ1) is 8.08. The Balaban J connectivity index is 1.95. The molecule has 2 saturated heterocycles. The molecule has 17 heavy (non-hydrogen) atoms. The van der Waals surface area contributed by atoms with Crippen molar-refractivity contribution < 1.29 is 9.53 Å². The fourth-order valence-electron chi connectivity index (χ4n) is 4.90. The Hall–Kier alpha value is -0.370. The molecule has 0 spiro atoms. The van der Waals surface area contributed by atoms with Gasteiger partial charge in [-0.3, -0.25) is 0 Å². The molecule has 3 fully saturated rings. The summed E-state index contributed by atoms with van der Waals surface area (Å²) in [5, 5.41) is 0. The largest absolute Gasteiger partial charge is 0.373 e. The van der Waals surface area contributed by atoms with E-state index in [2.05, 4.69) is 20.8 Å². The fraction of sp³-hybridized carbons (Fsp3) is 0.933. The second-order valence-electron chi connectivity index (χ2n) is 6.94. The van der Waals surface area contributed by atoms with E-state index in [4.69, 9.17) is 4.74 Å². The van der Waals surface area contributed by atoms with Crippen LogP contribution in [0.3, 0.4) is 0 Å². The van der Waals surface area contributed by atoms with Crippen LogP contribution in [0.4, 0.5) is 0 Å². The van der Waals surface area contributed by atoms with Gasteiger partial charge in [0.25, 0.3) is 0 Å². The van der Waals surface area contributed by atoms with Gasteiger partial charge in [0.15, 0.2) is 0 Å². The maximum atomic E-state index is 11.2. The van der Waals surface area contributed by atoms with Crippen molar-refractivity contribution in [1.29, 1.82) is 0 Å². The molecule has 0 amide bonds. The predicted molar refractivity (Wildman–Crippen MR) is 66.6 cm³/mol. The van der Waals surface area contributed by atoms with Gasteiger partial charge >= 0.3 is 0 Å². The summed E-state index contributed by atoms with van der Waals surface area (Å²) in [6.07, 6.45) is 6.59. The van der Waals surface area contributed by atoms with Crippen LogP contribution in [0.5, 0.6) is 0 Å². The molecule has 3 rings (SSSR count). The van der Waals surface area contributed by atoms with Crippen LogP contribution < -0.4 is 0 Å². The summed E-state index contributed by atoms with van der Waals surface area (Å²) in [4.78, 5) is 11.2. The van der Waals surface area contributed by atoms with E-state index in [1.165, 1.54) is 12.8 Å². The minimum atomic E-state index is 0.164. The van der Waals surface area contributed by atoms with Crippen LogP contribution in [0, 0.1) is 29.1 Å². The molecule has 1 aliphatic carbocycles. The van der Waals surface area contributed by atoms with Gasteiger partial charge < -0.3 is 9.53 Å². The number of carbonyl (C=O) groups is 1. The SMILES string of the molecule is CC(C)[C@H]1CC[C@@]2(C)[C@@H]1[C@@H]1O[C@H]2CC[C@@H]1C=O. The third-order valence-corrected chi connectivity index (χ3v) is 5.87. The lowest BCUT2D eigenvalue weighted by atomic mass is 9.70. The highest BCUT2D eigenvalue weighted by atomic mass is 16.5. The highest BCUT2D eigenvalue weighted by molar-refractivity contribution is 5.55. The van der Waals surface area contributed by atoms with Crippen molar-refractivity contribution in [2.75, 3.05) is 0 Å². The molecule has 1 saturated carbocycles. The average Bonchev–Trinajstić information content (AvgIpc) is 2.76. The van der Waals surface area contributed by atoms with Crippen LogP contribution in [-0.4, -0.2) is 18.5 Å². The number of hydrogen-bond donors (Lipinski definition) is 0. The Morgan fingerprint density at radius 2 is 2.06 bits per heavy atom. The van der Waals surface area contributed by atoms with Crippen molar-refractivity contribution in [3.63, 3.8) is 0 Å². The predicted octanol–water partition coefficient (Wildman–Crippen LogP) is 3.05. The Morgan fingerprint density at radius 1 is 1.29 bits per heavy atom. The lowest BCUT2D eigenvalue weighted by Gasteiger charge is -2.32. The van der Waals surface area contributed by atoms with Crippen molar-refractivity contribution in [3.05, 3.63) is 0 Å². The van der Waals surface area contributed by atoms with E-state index in [0.717, 1.165) is 31.0 Å². The first kappa shape index (κ1) is 11.7. The second-order valence-corrected chi connectivity index (χ2v) is 6.94. The zero-order valence-corrected chi connectivity index (χ0v) is 11.2. The first-order valence-corrected chi connectivity index (χ1v) is 7.18. The summed E-state index contributed by atoms with van der Waals surface area (Å²) in [7, 11) is 0. The zero-order valence-electron chi connectivity index (χ0n) is 11.2. The third kappa shape index (κ3) is 1.46. The molecule has 2 nitrogen and oxygen atoms in total. The van der Waals surface area contributed by atoms with Gasteiger partial charge in [-0.25, -0.2) is 0 Å². The lowest BCUT2D eigenvalue weighted by molar-refractivity contribution is -0.122. The maximum Gasteiger partial charge on any atom is 0.125 e.